The monoisotopic (exact) mass is 437 g/mol. The molecule has 154 valence electrons. The lowest BCUT2D eigenvalue weighted by Gasteiger charge is -2.03. The highest BCUT2D eigenvalue weighted by molar-refractivity contribution is 7.11. The SMILES string of the molecule is Cc1ccsc1C=Nc1c(C#N)c(/C(C#N)=C/c2cccc(F)c2)nn1-c1ccccc1. The molecule has 0 radical (unpaired) electrons. The molecule has 0 aliphatic heterocycles. The van der Waals surface area contributed by atoms with E-state index in [4.69, 9.17) is 0 Å². The van der Waals surface area contributed by atoms with Gasteiger partial charge in [-0.15, -0.1) is 11.3 Å². The quantitative estimate of drug-likeness (QED) is 0.281. The Bertz CT molecular complexity index is 1410. The van der Waals surface area contributed by atoms with Crippen molar-refractivity contribution in [1.82, 2.24) is 9.78 Å². The van der Waals surface area contributed by atoms with E-state index in [0.29, 0.717) is 17.1 Å². The van der Waals surface area contributed by atoms with Crippen LogP contribution in [0.3, 0.4) is 0 Å². The van der Waals surface area contributed by atoms with Gasteiger partial charge in [-0.1, -0.05) is 30.3 Å². The van der Waals surface area contributed by atoms with Crippen molar-refractivity contribution >= 4 is 35.0 Å². The van der Waals surface area contributed by atoms with Crippen molar-refractivity contribution in [2.75, 3.05) is 0 Å². The van der Waals surface area contributed by atoms with E-state index in [0.717, 1.165) is 10.4 Å². The van der Waals surface area contributed by atoms with Gasteiger partial charge in [0.2, 0.25) is 0 Å². The second-order valence-corrected chi connectivity index (χ2v) is 7.80. The molecule has 0 aliphatic carbocycles. The Labute approximate surface area is 188 Å². The van der Waals surface area contributed by atoms with Crippen LogP contribution >= 0.6 is 11.3 Å². The molecule has 2 aromatic heterocycles. The summed E-state index contributed by atoms with van der Waals surface area (Å²) in [5.41, 5.74) is 2.78. The van der Waals surface area contributed by atoms with Gasteiger partial charge in [-0.05, 0) is 59.8 Å². The van der Waals surface area contributed by atoms with Crippen LogP contribution in [0, 0.1) is 35.4 Å². The van der Waals surface area contributed by atoms with Crippen LogP contribution in [0.4, 0.5) is 10.2 Å². The first-order chi connectivity index (χ1) is 15.6. The summed E-state index contributed by atoms with van der Waals surface area (Å²) < 4.78 is 15.2. The zero-order valence-corrected chi connectivity index (χ0v) is 17.8. The molecule has 0 atom stereocenters. The number of hydrogen-bond acceptors (Lipinski definition) is 5. The molecule has 0 bridgehead atoms. The van der Waals surface area contributed by atoms with E-state index in [2.05, 4.69) is 22.2 Å². The molecule has 5 nitrogen and oxygen atoms in total. The highest BCUT2D eigenvalue weighted by Crippen LogP contribution is 2.31. The number of halogens is 1. The van der Waals surface area contributed by atoms with Crippen molar-refractivity contribution in [3.8, 4) is 17.8 Å². The molecule has 0 spiro atoms. The van der Waals surface area contributed by atoms with E-state index >= 15 is 0 Å². The largest absolute Gasteiger partial charge is 0.234 e. The lowest BCUT2D eigenvalue weighted by atomic mass is 10.1. The Morgan fingerprint density at radius 3 is 2.59 bits per heavy atom. The second kappa shape index (κ2) is 9.22. The maximum absolute atomic E-state index is 13.6. The normalized spacial score (nSPS) is 11.4. The third kappa shape index (κ3) is 4.24. The first-order valence-corrected chi connectivity index (χ1v) is 10.5. The highest BCUT2D eigenvalue weighted by Gasteiger charge is 2.21. The molecule has 7 heteroatoms. The van der Waals surface area contributed by atoms with E-state index in [-0.39, 0.29) is 16.8 Å². The maximum atomic E-state index is 13.6. The van der Waals surface area contributed by atoms with Crippen LogP contribution in [0.2, 0.25) is 0 Å². The molecule has 0 fully saturated rings. The number of thiophene rings is 1. The fourth-order valence-electron chi connectivity index (χ4n) is 3.12. The minimum absolute atomic E-state index is 0.144. The topological polar surface area (TPSA) is 77.8 Å². The first-order valence-electron chi connectivity index (χ1n) is 9.65. The van der Waals surface area contributed by atoms with Crippen molar-refractivity contribution in [1.29, 1.82) is 10.5 Å². The lowest BCUT2D eigenvalue weighted by molar-refractivity contribution is 0.627. The molecule has 0 saturated carbocycles. The maximum Gasteiger partial charge on any atom is 0.174 e. The first kappa shape index (κ1) is 20.9. The number of nitriles is 2. The summed E-state index contributed by atoms with van der Waals surface area (Å²) in [6, 6.07) is 21.4. The number of benzene rings is 2. The number of allylic oxidation sites excluding steroid dienone is 1. The predicted molar refractivity (Wildman–Crippen MR) is 124 cm³/mol. The van der Waals surface area contributed by atoms with E-state index in [9.17, 15) is 14.9 Å². The van der Waals surface area contributed by atoms with Crippen LogP contribution in [0.1, 0.15) is 27.3 Å². The summed E-state index contributed by atoms with van der Waals surface area (Å²) in [7, 11) is 0. The summed E-state index contributed by atoms with van der Waals surface area (Å²) in [6.45, 7) is 1.98. The van der Waals surface area contributed by atoms with Gasteiger partial charge in [0.05, 0.1) is 11.3 Å². The number of aromatic nitrogens is 2. The van der Waals surface area contributed by atoms with Gasteiger partial charge >= 0.3 is 0 Å². The van der Waals surface area contributed by atoms with Gasteiger partial charge in [-0.3, -0.25) is 0 Å². The Balaban J connectivity index is 1.91. The van der Waals surface area contributed by atoms with Gasteiger partial charge in [0, 0.05) is 11.1 Å². The molecule has 0 aliphatic rings. The summed E-state index contributed by atoms with van der Waals surface area (Å²) in [4.78, 5) is 5.55. The average molecular weight is 438 g/mol. The fraction of sp³-hybridized carbons (Fsp3) is 0.0400. The van der Waals surface area contributed by atoms with Gasteiger partial charge in [-0.25, -0.2) is 14.1 Å². The number of hydrogen-bond donors (Lipinski definition) is 0. The lowest BCUT2D eigenvalue weighted by Crippen LogP contribution is -1.97. The zero-order chi connectivity index (χ0) is 22.5. The summed E-state index contributed by atoms with van der Waals surface area (Å²) in [5.74, 6) is -0.0927. The number of para-hydroxylation sites is 1. The molecule has 2 heterocycles. The van der Waals surface area contributed by atoms with Crippen LogP contribution in [0.25, 0.3) is 17.3 Å². The smallest absolute Gasteiger partial charge is 0.174 e. The van der Waals surface area contributed by atoms with E-state index in [1.165, 1.54) is 18.2 Å². The molecule has 4 aromatic rings. The minimum atomic E-state index is -0.414. The number of aryl methyl sites for hydroxylation is 1. The standard InChI is InChI=1S/C25H16FN5S/c1-17-10-11-32-23(17)16-29-25-22(15-28)24(30-31(25)21-8-3-2-4-9-21)19(14-27)12-18-6-5-7-20(26)13-18/h2-13,16H,1H3/b19-12+,29-16?. The molecular formula is C25H16FN5S. The van der Waals surface area contributed by atoms with Gasteiger partial charge in [0.25, 0.3) is 0 Å². The Kier molecular flexibility index (Phi) is 6.03. The van der Waals surface area contributed by atoms with Gasteiger partial charge in [0.1, 0.15) is 29.2 Å². The van der Waals surface area contributed by atoms with Crippen molar-refractivity contribution < 1.29 is 4.39 Å². The molecule has 2 aromatic carbocycles. The number of rotatable bonds is 5. The van der Waals surface area contributed by atoms with Crippen LogP contribution in [-0.4, -0.2) is 16.0 Å². The van der Waals surface area contributed by atoms with E-state index in [1.54, 1.807) is 34.4 Å². The molecule has 4 rings (SSSR count). The van der Waals surface area contributed by atoms with Gasteiger partial charge in [-0.2, -0.15) is 15.6 Å². The van der Waals surface area contributed by atoms with E-state index in [1.807, 2.05) is 48.7 Å². The molecule has 0 saturated heterocycles. The van der Waals surface area contributed by atoms with Crippen molar-refractivity contribution in [3.63, 3.8) is 0 Å². The van der Waals surface area contributed by atoms with Crippen LogP contribution in [0.5, 0.6) is 0 Å². The Hall–Kier alpha value is -4.33. The van der Waals surface area contributed by atoms with Crippen molar-refractivity contribution in [2.24, 2.45) is 4.99 Å². The van der Waals surface area contributed by atoms with Crippen LogP contribution < -0.4 is 0 Å². The van der Waals surface area contributed by atoms with Crippen molar-refractivity contribution in [2.45, 2.75) is 6.92 Å². The van der Waals surface area contributed by atoms with Gasteiger partial charge < -0.3 is 0 Å². The van der Waals surface area contributed by atoms with Crippen LogP contribution in [-0.2, 0) is 0 Å². The van der Waals surface area contributed by atoms with Gasteiger partial charge in [0.15, 0.2) is 5.82 Å². The summed E-state index contributed by atoms with van der Waals surface area (Å²) in [5, 5.41) is 26.3. The molecule has 32 heavy (non-hydrogen) atoms. The average Bonchev–Trinajstić information content (AvgIpc) is 3.39. The fourth-order valence-corrected chi connectivity index (χ4v) is 3.91. The second-order valence-electron chi connectivity index (χ2n) is 6.86. The van der Waals surface area contributed by atoms with Crippen LogP contribution in [0.15, 0.2) is 71.0 Å². The highest BCUT2D eigenvalue weighted by atomic mass is 32.1. The van der Waals surface area contributed by atoms with E-state index < -0.39 is 5.82 Å². The number of aliphatic imine (C=N–C) groups is 1. The summed E-state index contributed by atoms with van der Waals surface area (Å²) >= 11 is 1.54. The molecule has 0 N–H and O–H groups in total. The summed E-state index contributed by atoms with van der Waals surface area (Å²) in [6.07, 6.45) is 3.21. The number of nitrogens with zero attached hydrogens (tertiary/aromatic N) is 5. The third-order valence-corrected chi connectivity index (χ3v) is 5.67. The predicted octanol–water partition coefficient (Wildman–Crippen LogP) is 6.07. The molecule has 0 amide bonds. The minimum Gasteiger partial charge on any atom is -0.234 e. The molecular weight excluding hydrogens is 421 g/mol. The Morgan fingerprint density at radius 1 is 1.12 bits per heavy atom. The van der Waals surface area contributed by atoms with Crippen molar-refractivity contribution in [3.05, 3.63) is 99.1 Å². The Morgan fingerprint density at radius 2 is 1.94 bits per heavy atom. The zero-order valence-electron chi connectivity index (χ0n) is 17.0. The third-order valence-electron chi connectivity index (χ3n) is 4.71. The molecule has 0 unspecified atom stereocenters.